The summed E-state index contributed by atoms with van der Waals surface area (Å²) in [7, 11) is 3.68. The van der Waals surface area contributed by atoms with Crippen molar-refractivity contribution in [2.24, 2.45) is 0 Å². The van der Waals surface area contributed by atoms with Crippen LogP contribution in [-0.4, -0.2) is 25.8 Å². The smallest absolute Gasteiger partial charge is 0.0803 e. The molecule has 0 saturated carbocycles. The Labute approximate surface area is 120 Å². The van der Waals surface area contributed by atoms with E-state index in [-0.39, 0.29) is 11.6 Å². The monoisotopic (exact) mass is 289 g/mol. The van der Waals surface area contributed by atoms with Crippen molar-refractivity contribution in [3.8, 4) is 0 Å². The molecule has 0 heterocycles. The second-order valence-corrected chi connectivity index (χ2v) is 5.41. The molecule has 0 fully saturated rings. The summed E-state index contributed by atoms with van der Waals surface area (Å²) in [5.74, 6) is 0. The van der Waals surface area contributed by atoms with Crippen LogP contribution >= 0.6 is 23.2 Å². The van der Waals surface area contributed by atoms with Crippen molar-refractivity contribution in [2.75, 3.05) is 14.2 Å². The Morgan fingerprint density at radius 3 is 2.56 bits per heavy atom. The van der Waals surface area contributed by atoms with E-state index >= 15 is 0 Å². The van der Waals surface area contributed by atoms with Gasteiger partial charge in [0.05, 0.1) is 15.6 Å². The van der Waals surface area contributed by atoms with Crippen molar-refractivity contribution in [3.05, 3.63) is 33.8 Å². The predicted octanol–water partition coefficient (Wildman–Crippen LogP) is 3.94. The molecular weight excluding hydrogens is 269 g/mol. The Morgan fingerprint density at radius 2 is 2.06 bits per heavy atom. The number of nitrogens with one attached hydrogen (secondary N) is 1. The lowest BCUT2D eigenvalue weighted by Crippen LogP contribution is -2.49. The van der Waals surface area contributed by atoms with Gasteiger partial charge in [0.25, 0.3) is 0 Å². The van der Waals surface area contributed by atoms with Crippen molar-refractivity contribution in [2.45, 2.75) is 38.3 Å². The molecular formula is C14H21Cl2NO. The lowest BCUT2D eigenvalue weighted by molar-refractivity contribution is -0.0268. The molecule has 0 amide bonds. The summed E-state index contributed by atoms with van der Waals surface area (Å²) in [4.78, 5) is 0. The van der Waals surface area contributed by atoms with Gasteiger partial charge in [-0.1, -0.05) is 42.3 Å². The summed E-state index contributed by atoms with van der Waals surface area (Å²) in [5.41, 5.74) is 0.820. The van der Waals surface area contributed by atoms with Crippen molar-refractivity contribution < 1.29 is 4.74 Å². The van der Waals surface area contributed by atoms with Crippen molar-refractivity contribution in [3.63, 3.8) is 0 Å². The van der Waals surface area contributed by atoms with Crippen LogP contribution < -0.4 is 5.32 Å². The Hall–Kier alpha value is -0.280. The number of benzene rings is 1. The van der Waals surface area contributed by atoms with E-state index < -0.39 is 0 Å². The van der Waals surface area contributed by atoms with Crippen LogP contribution in [0.2, 0.25) is 10.0 Å². The van der Waals surface area contributed by atoms with Crippen LogP contribution in [0.3, 0.4) is 0 Å². The molecule has 18 heavy (non-hydrogen) atoms. The lowest BCUT2D eigenvalue weighted by atomic mass is 9.88. The average molecular weight is 290 g/mol. The molecule has 1 aromatic rings. The van der Waals surface area contributed by atoms with Gasteiger partial charge in [0.2, 0.25) is 0 Å². The summed E-state index contributed by atoms with van der Waals surface area (Å²) in [6, 6.07) is 5.91. The third kappa shape index (κ3) is 3.39. The molecule has 0 radical (unpaired) electrons. The maximum atomic E-state index is 6.23. The molecule has 1 rings (SSSR count). The van der Waals surface area contributed by atoms with Crippen LogP contribution in [0.4, 0.5) is 0 Å². The molecule has 2 unspecified atom stereocenters. The first-order chi connectivity index (χ1) is 8.48. The molecule has 0 aliphatic carbocycles. The summed E-state index contributed by atoms with van der Waals surface area (Å²) < 4.78 is 5.64. The van der Waals surface area contributed by atoms with Crippen LogP contribution in [0, 0.1) is 0 Å². The minimum absolute atomic E-state index is 0.184. The number of hydrogen-bond acceptors (Lipinski definition) is 2. The van der Waals surface area contributed by atoms with Crippen molar-refractivity contribution in [1.82, 2.24) is 5.32 Å². The van der Waals surface area contributed by atoms with Gasteiger partial charge in [-0.05, 0) is 38.4 Å². The zero-order valence-electron chi connectivity index (χ0n) is 11.4. The highest BCUT2D eigenvalue weighted by Gasteiger charge is 2.31. The first kappa shape index (κ1) is 15.8. The Kier molecular flexibility index (Phi) is 5.93. The van der Waals surface area contributed by atoms with Gasteiger partial charge < -0.3 is 10.1 Å². The van der Waals surface area contributed by atoms with Crippen LogP contribution in [0.15, 0.2) is 18.2 Å². The van der Waals surface area contributed by atoms with Gasteiger partial charge in [0.15, 0.2) is 0 Å². The highest BCUT2D eigenvalue weighted by Crippen LogP contribution is 2.29. The molecule has 0 spiro atoms. The number of halogens is 2. The van der Waals surface area contributed by atoms with E-state index in [1.54, 1.807) is 13.2 Å². The van der Waals surface area contributed by atoms with Gasteiger partial charge in [0.1, 0.15) is 0 Å². The normalized spacial score (nSPS) is 16.3. The number of ether oxygens (including phenoxy) is 1. The van der Waals surface area contributed by atoms with Crippen LogP contribution in [0.1, 0.15) is 25.8 Å². The summed E-state index contributed by atoms with van der Waals surface area (Å²) in [6.07, 6.45) is 1.71. The topological polar surface area (TPSA) is 21.3 Å². The molecule has 102 valence electrons. The van der Waals surface area contributed by atoms with E-state index in [1.165, 1.54) is 0 Å². The number of hydrogen-bond donors (Lipinski definition) is 1. The van der Waals surface area contributed by atoms with Crippen molar-refractivity contribution >= 4 is 23.2 Å². The van der Waals surface area contributed by atoms with Gasteiger partial charge in [-0.15, -0.1) is 0 Å². The Balaban J connectivity index is 2.96. The van der Waals surface area contributed by atoms with Gasteiger partial charge in [-0.25, -0.2) is 0 Å². The van der Waals surface area contributed by atoms with Crippen LogP contribution in [0.25, 0.3) is 0 Å². The zero-order chi connectivity index (χ0) is 13.8. The number of methoxy groups -OCH3 is 1. The average Bonchev–Trinajstić information content (AvgIpc) is 2.39. The maximum absolute atomic E-state index is 6.23. The van der Waals surface area contributed by atoms with Crippen molar-refractivity contribution in [1.29, 1.82) is 0 Å². The molecule has 1 aromatic carbocycles. The van der Waals surface area contributed by atoms with E-state index in [2.05, 4.69) is 19.2 Å². The third-order valence-corrected chi connectivity index (χ3v) is 4.57. The molecule has 0 bridgehead atoms. The first-order valence-electron chi connectivity index (χ1n) is 6.13. The number of likely N-dealkylation sites (N-methyl/N-ethyl adjacent to an activating group) is 1. The molecule has 2 nitrogen and oxygen atoms in total. The van der Waals surface area contributed by atoms with E-state index in [9.17, 15) is 0 Å². The van der Waals surface area contributed by atoms with E-state index in [0.717, 1.165) is 18.4 Å². The standard InChI is InChI=1S/C14H21Cl2NO/c1-5-14(2,18-4)12(17-3)9-10-7-6-8-11(15)13(10)16/h6-8,12,17H,5,9H2,1-4H3. The Bertz CT molecular complexity index is 391. The molecule has 2 atom stereocenters. The highest BCUT2D eigenvalue weighted by atomic mass is 35.5. The SMILES string of the molecule is CCC(C)(OC)C(Cc1cccc(Cl)c1Cl)NC. The van der Waals surface area contributed by atoms with Gasteiger partial charge >= 0.3 is 0 Å². The molecule has 4 heteroatoms. The molecule has 0 aliphatic heterocycles. The zero-order valence-corrected chi connectivity index (χ0v) is 12.9. The molecule has 0 saturated heterocycles. The van der Waals surface area contributed by atoms with Crippen LogP contribution in [-0.2, 0) is 11.2 Å². The van der Waals surface area contributed by atoms with E-state index in [1.807, 2.05) is 19.2 Å². The summed E-state index contributed by atoms with van der Waals surface area (Å²) in [5, 5.41) is 4.54. The molecule has 1 N–H and O–H groups in total. The first-order valence-corrected chi connectivity index (χ1v) is 6.89. The minimum atomic E-state index is -0.222. The predicted molar refractivity (Wildman–Crippen MR) is 78.7 cm³/mol. The largest absolute Gasteiger partial charge is 0.377 e. The molecule has 0 aliphatic rings. The van der Waals surface area contributed by atoms with E-state index in [4.69, 9.17) is 27.9 Å². The summed E-state index contributed by atoms with van der Waals surface area (Å²) in [6.45, 7) is 4.22. The fraction of sp³-hybridized carbons (Fsp3) is 0.571. The summed E-state index contributed by atoms with van der Waals surface area (Å²) >= 11 is 12.3. The van der Waals surface area contributed by atoms with Crippen LogP contribution in [0.5, 0.6) is 0 Å². The third-order valence-electron chi connectivity index (χ3n) is 3.71. The second-order valence-electron chi connectivity index (χ2n) is 4.63. The lowest BCUT2D eigenvalue weighted by Gasteiger charge is -2.36. The Morgan fingerprint density at radius 1 is 1.39 bits per heavy atom. The fourth-order valence-electron chi connectivity index (χ4n) is 2.08. The second kappa shape index (κ2) is 6.76. The van der Waals surface area contributed by atoms with Gasteiger partial charge in [-0.3, -0.25) is 0 Å². The minimum Gasteiger partial charge on any atom is -0.377 e. The quantitative estimate of drug-likeness (QED) is 0.857. The fourth-order valence-corrected chi connectivity index (χ4v) is 2.48. The highest BCUT2D eigenvalue weighted by molar-refractivity contribution is 6.42. The van der Waals surface area contributed by atoms with Gasteiger partial charge in [0, 0.05) is 13.2 Å². The van der Waals surface area contributed by atoms with Gasteiger partial charge in [-0.2, -0.15) is 0 Å². The number of rotatable bonds is 6. The molecule has 0 aromatic heterocycles. The van der Waals surface area contributed by atoms with E-state index in [0.29, 0.717) is 10.0 Å². The maximum Gasteiger partial charge on any atom is 0.0803 e.